The van der Waals surface area contributed by atoms with E-state index in [-0.39, 0.29) is 18.1 Å². The van der Waals surface area contributed by atoms with Gasteiger partial charge in [-0.25, -0.2) is 0 Å². The van der Waals surface area contributed by atoms with Crippen LogP contribution >= 0.6 is 11.8 Å². The maximum absolute atomic E-state index is 12.5. The number of hydrogen-bond donors (Lipinski definition) is 0. The van der Waals surface area contributed by atoms with Crippen molar-refractivity contribution >= 4 is 35.0 Å². The molecule has 2 amide bonds. The van der Waals surface area contributed by atoms with E-state index in [0.29, 0.717) is 0 Å². The Morgan fingerprint density at radius 3 is 2.59 bits per heavy atom. The monoisotopic (exact) mass is 386 g/mol. The number of thioether (sulfide) groups is 1. The van der Waals surface area contributed by atoms with E-state index >= 15 is 0 Å². The van der Waals surface area contributed by atoms with Crippen LogP contribution in [0.15, 0.2) is 47.5 Å². The van der Waals surface area contributed by atoms with Crippen LogP contribution in [0.25, 0.3) is 11.8 Å². The molecule has 1 aromatic carbocycles. The number of aromatic nitrogens is 1. The number of imide groups is 1. The third-order valence-corrected chi connectivity index (χ3v) is 4.78. The highest BCUT2D eigenvalue weighted by molar-refractivity contribution is 8.18. The number of ether oxygens (including phenoxy) is 2. The zero-order valence-electron chi connectivity index (χ0n) is 14.9. The van der Waals surface area contributed by atoms with Crippen molar-refractivity contribution in [2.24, 2.45) is 0 Å². The molecule has 1 aliphatic heterocycles. The summed E-state index contributed by atoms with van der Waals surface area (Å²) in [5.74, 6) is -0.365. The van der Waals surface area contributed by atoms with E-state index in [0.717, 1.165) is 33.8 Å². The van der Waals surface area contributed by atoms with Gasteiger partial charge >= 0.3 is 5.97 Å². The number of esters is 1. The quantitative estimate of drug-likeness (QED) is 0.561. The van der Waals surface area contributed by atoms with Crippen molar-refractivity contribution in [3.63, 3.8) is 0 Å². The lowest BCUT2D eigenvalue weighted by molar-refractivity contribution is -0.145. The number of carbonyl (C=O) groups is 3. The molecule has 1 fully saturated rings. The first-order valence-electron chi connectivity index (χ1n) is 8.26. The highest BCUT2D eigenvalue weighted by Gasteiger charge is 2.36. The lowest BCUT2D eigenvalue weighted by atomic mass is 10.3. The molecule has 0 bridgehead atoms. The second-order valence-corrected chi connectivity index (χ2v) is 6.57. The third kappa shape index (κ3) is 4.06. The molecule has 2 aromatic rings. The predicted molar refractivity (Wildman–Crippen MR) is 102 cm³/mol. The molecule has 0 N–H and O–H groups in total. The molecule has 1 saturated heterocycles. The Morgan fingerprint density at radius 2 is 1.93 bits per heavy atom. The second kappa shape index (κ2) is 8.13. The smallest absolute Gasteiger partial charge is 0.326 e. The highest BCUT2D eigenvalue weighted by Crippen LogP contribution is 2.32. The molecule has 140 valence electrons. The molecule has 7 nitrogen and oxygen atoms in total. The fourth-order valence-corrected chi connectivity index (χ4v) is 3.42. The maximum Gasteiger partial charge on any atom is 0.326 e. The summed E-state index contributed by atoms with van der Waals surface area (Å²) in [5.41, 5.74) is 1.62. The van der Waals surface area contributed by atoms with Gasteiger partial charge in [0, 0.05) is 17.6 Å². The van der Waals surface area contributed by atoms with Crippen LogP contribution < -0.4 is 4.74 Å². The van der Waals surface area contributed by atoms with Crippen molar-refractivity contribution in [3.8, 4) is 11.4 Å². The van der Waals surface area contributed by atoms with Gasteiger partial charge in [-0.15, -0.1) is 0 Å². The number of nitrogens with zero attached hydrogens (tertiary/aromatic N) is 2. The normalized spacial score (nSPS) is 15.5. The largest absolute Gasteiger partial charge is 0.497 e. The fraction of sp³-hybridized carbons (Fsp3) is 0.211. The Morgan fingerprint density at radius 1 is 1.19 bits per heavy atom. The van der Waals surface area contributed by atoms with Crippen molar-refractivity contribution in [2.75, 3.05) is 20.3 Å². The molecule has 0 saturated carbocycles. The minimum Gasteiger partial charge on any atom is -0.497 e. The summed E-state index contributed by atoms with van der Waals surface area (Å²) in [6.45, 7) is 1.48. The van der Waals surface area contributed by atoms with Crippen molar-refractivity contribution in [2.45, 2.75) is 6.92 Å². The van der Waals surface area contributed by atoms with Gasteiger partial charge in [-0.05, 0) is 61.2 Å². The molecule has 0 atom stereocenters. The molecule has 0 aliphatic carbocycles. The lowest BCUT2D eigenvalue weighted by Gasteiger charge is -2.11. The fourth-order valence-electron chi connectivity index (χ4n) is 2.60. The SMILES string of the molecule is CCOC(=O)CN1C(=O)SC(=Cc2cccn2-c2ccc(OC)cc2)C1=O. The molecule has 1 aliphatic rings. The average Bonchev–Trinajstić information content (AvgIpc) is 3.22. The summed E-state index contributed by atoms with van der Waals surface area (Å²) < 4.78 is 11.9. The topological polar surface area (TPSA) is 77.8 Å². The van der Waals surface area contributed by atoms with E-state index in [9.17, 15) is 14.4 Å². The number of carbonyl (C=O) groups excluding carboxylic acids is 3. The minimum absolute atomic E-state index is 0.195. The number of hydrogen-bond acceptors (Lipinski definition) is 6. The van der Waals surface area contributed by atoms with Crippen LogP contribution in [-0.4, -0.2) is 46.8 Å². The van der Waals surface area contributed by atoms with Gasteiger partial charge in [0.1, 0.15) is 12.3 Å². The second-order valence-electron chi connectivity index (χ2n) is 5.57. The van der Waals surface area contributed by atoms with Crippen molar-refractivity contribution in [1.82, 2.24) is 9.47 Å². The average molecular weight is 386 g/mol. The molecular weight excluding hydrogens is 368 g/mol. The van der Waals surface area contributed by atoms with Crippen LogP contribution in [0.5, 0.6) is 5.75 Å². The molecule has 2 heterocycles. The van der Waals surface area contributed by atoms with Crippen LogP contribution in [0.4, 0.5) is 4.79 Å². The Kier molecular flexibility index (Phi) is 5.66. The molecule has 1 aromatic heterocycles. The molecule has 0 spiro atoms. The lowest BCUT2D eigenvalue weighted by Crippen LogP contribution is -2.34. The van der Waals surface area contributed by atoms with E-state index in [1.54, 1.807) is 20.1 Å². The first-order chi connectivity index (χ1) is 13.0. The van der Waals surface area contributed by atoms with Gasteiger partial charge in [-0.3, -0.25) is 19.3 Å². The van der Waals surface area contributed by atoms with Crippen molar-refractivity contribution < 1.29 is 23.9 Å². The van der Waals surface area contributed by atoms with E-state index in [1.165, 1.54) is 0 Å². The molecule has 27 heavy (non-hydrogen) atoms. The van der Waals surface area contributed by atoms with Gasteiger partial charge < -0.3 is 14.0 Å². The number of amides is 2. The number of rotatable bonds is 6. The van der Waals surface area contributed by atoms with Gasteiger partial charge in [-0.2, -0.15) is 0 Å². The van der Waals surface area contributed by atoms with Crippen LogP contribution in [0.2, 0.25) is 0 Å². The zero-order valence-corrected chi connectivity index (χ0v) is 15.7. The Hall–Kier alpha value is -3.00. The van der Waals surface area contributed by atoms with Gasteiger partial charge in [0.15, 0.2) is 0 Å². The maximum atomic E-state index is 12.5. The summed E-state index contributed by atoms with van der Waals surface area (Å²) >= 11 is 0.807. The zero-order chi connectivity index (χ0) is 19.4. The molecule has 0 radical (unpaired) electrons. The van der Waals surface area contributed by atoms with Crippen LogP contribution in [0.1, 0.15) is 12.6 Å². The predicted octanol–water partition coefficient (Wildman–Crippen LogP) is 3.09. The van der Waals surface area contributed by atoms with Gasteiger partial charge in [0.2, 0.25) is 0 Å². The Labute approximate surface area is 160 Å². The van der Waals surface area contributed by atoms with Crippen LogP contribution in [-0.2, 0) is 14.3 Å². The minimum atomic E-state index is -0.609. The number of benzene rings is 1. The summed E-state index contributed by atoms with van der Waals surface area (Å²) in [7, 11) is 1.60. The molecule has 0 unspecified atom stereocenters. The highest BCUT2D eigenvalue weighted by atomic mass is 32.2. The van der Waals surface area contributed by atoms with Crippen molar-refractivity contribution in [1.29, 1.82) is 0 Å². The summed E-state index contributed by atoms with van der Waals surface area (Å²) in [6, 6.07) is 11.1. The van der Waals surface area contributed by atoms with E-state index in [2.05, 4.69) is 0 Å². The van der Waals surface area contributed by atoms with E-state index in [1.807, 2.05) is 47.2 Å². The Bertz CT molecular complexity index is 901. The third-order valence-electron chi connectivity index (χ3n) is 3.88. The van der Waals surface area contributed by atoms with Crippen molar-refractivity contribution in [3.05, 3.63) is 53.2 Å². The first kappa shape index (κ1) is 18.8. The van der Waals surface area contributed by atoms with E-state index < -0.39 is 17.1 Å². The van der Waals surface area contributed by atoms with Gasteiger partial charge in [-0.1, -0.05) is 0 Å². The Balaban J connectivity index is 1.83. The first-order valence-corrected chi connectivity index (χ1v) is 9.08. The van der Waals surface area contributed by atoms with Gasteiger partial charge in [0.05, 0.1) is 18.6 Å². The molecule has 8 heteroatoms. The van der Waals surface area contributed by atoms with E-state index in [4.69, 9.17) is 9.47 Å². The summed E-state index contributed by atoms with van der Waals surface area (Å²) in [4.78, 5) is 37.3. The molecule has 3 rings (SSSR count). The van der Waals surface area contributed by atoms with Gasteiger partial charge in [0.25, 0.3) is 11.1 Å². The standard InChI is InChI=1S/C19H18N2O5S/c1-3-26-17(22)12-21-18(23)16(27-19(21)24)11-14-5-4-10-20(14)13-6-8-15(25-2)9-7-13/h4-11H,3,12H2,1-2H3. The summed E-state index contributed by atoms with van der Waals surface area (Å²) in [6.07, 6.45) is 3.50. The van der Waals surface area contributed by atoms with Crippen LogP contribution in [0.3, 0.4) is 0 Å². The van der Waals surface area contributed by atoms with Crippen LogP contribution in [0, 0.1) is 0 Å². The molecular formula is C19H18N2O5S. The number of methoxy groups -OCH3 is 1. The summed E-state index contributed by atoms with van der Waals surface area (Å²) in [5, 5.41) is -0.484.